The van der Waals surface area contributed by atoms with Crippen LogP contribution in [0, 0.1) is 28.4 Å². The van der Waals surface area contributed by atoms with Crippen LogP contribution in [0.25, 0.3) is 0 Å². The number of hydrogen-bond acceptors (Lipinski definition) is 8. The summed E-state index contributed by atoms with van der Waals surface area (Å²) in [4.78, 5) is 11.4. The minimum absolute atomic E-state index is 0.00192. The van der Waals surface area contributed by atoms with Gasteiger partial charge in [0.1, 0.15) is 16.2 Å². The van der Waals surface area contributed by atoms with Crippen molar-refractivity contribution in [3.63, 3.8) is 0 Å². The van der Waals surface area contributed by atoms with Crippen LogP contribution in [0.15, 0.2) is 58.8 Å². The third kappa shape index (κ3) is 4.42. The van der Waals surface area contributed by atoms with Crippen LogP contribution in [0.1, 0.15) is 38.7 Å². The van der Waals surface area contributed by atoms with Crippen molar-refractivity contribution in [2.24, 2.45) is 0 Å². The largest absolute Gasteiger partial charge is 0.352 e. The number of aryl methyl sites for hydroxylation is 1. The van der Waals surface area contributed by atoms with Gasteiger partial charge in [0.05, 0.1) is 15.4 Å². The molecule has 166 valence electrons. The SMILES string of the molecule is COC(OC)c1ccc([N+](=O)[O-])c(C(c2ccsc2C#N)S(=O)(=O)c2ccc(C)cc2)c1. The third-order valence-corrected chi connectivity index (χ3v) is 7.86. The Morgan fingerprint density at radius 2 is 1.72 bits per heavy atom. The van der Waals surface area contributed by atoms with E-state index >= 15 is 0 Å². The zero-order valence-corrected chi connectivity index (χ0v) is 19.1. The lowest BCUT2D eigenvalue weighted by Gasteiger charge is -2.21. The average molecular weight is 473 g/mol. The maximum absolute atomic E-state index is 13.8. The molecule has 10 heteroatoms. The lowest BCUT2D eigenvalue weighted by atomic mass is 10.0. The Kier molecular flexibility index (Phi) is 7.06. The van der Waals surface area contributed by atoms with Crippen LogP contribution in [0.2, 0.25) is 0 Å². The highest BCUT2D eigenvalue weighted by Gasteiger charge is 2.38. The van der Waals surface area contributed by atoms with E-state index in [0.717, 1.165) is 16.9 Å². The van der Waals surface area contributed by atoms with Crippen molar-refractivity contribution in [2.45, 2.75) is 23.4 Å². The van der Waals surface area contributed by atoms with Gasteiger partial charge in [-0.1, -0.05) is 17.7 Å². The van der Waals surface area contributed by atoms with Crippen molar-refractivity contribution in [1.82, 2.24) is 0 Å². The molecule has 0 saturated heterocycles. The van der Waals surface area contributed by atoms with Crippen LogP contribution < -0.4 is 0 Å². The molecule has 2 aromatic carbocycles. The van der Waals surface area contributed by atoms with Crippen molar-refractivity contribution in [3.05, 3.63) is 91.2 Å². The molecule has 0 spiro atoms. The molecule has 0 amide bonds. The summed E-state index contributed by atoms with van der Waals surface area (Å²) in [5.41, 5.74) is 1.01. The molecule has 1 aromatic heterocycles. The van der Waals surface area contributed by atoms with Gasteiger partial charge in [-0.2, -0.15) is 5.26 Å². The van der Waals surface area contributed by atoms with Gasteiger partial charge in [0.2, 0.25) is 0 Å². The molecular formula is C22H20N2O6S2. The average Bonchev–Trinajstić information content (AvgIpc) is 3.23. The van der Waals surface area contributed by atoms with E-state index in [0.29, 0.717) is 5.56 Å². The van der Waals surface area contributed by atoms with E-state index in [1.807, 2.05) is 13.0 Å². The molecule has 0 saturated carbocycles. The van der Waals surface area contributed by atoms with Gasteiger partial charge in [-0.25, -0.2) is 8.42 Å². The number of thiophene rings is 1. The van der Waals surface area contributed by atoms with E-state index in [2.05, 4.69) is 0 Å². The first-order valence-electron chi connectivity index (χ1n) is 9.36. The second kappa shape index (κ2) is 9.58. The molecule has 0 aliphatic heterocycles. The number of nitro benzene ring substituents is 1. The maximum atomic E-state index is 13.8. The summed E-state index contributed by atoms with van der Waals surface area (Å²) in [5, 5.41) is 21.5. The van der Waals surface area contributed by atoms with Gasteiger partial charge < -0.3 is 9.47 Å². The molecule has 0 fully saturated rings. The fourth-order valence-electron chi connectivity index (χ4n) is 3.45. The Bertz CT molecular complexity index is 1270. The zero-order valence-electron chi connectivity index (χ0n) is 17.5. The lowest BCUT2D eigenvalue weighted by Crippen LogP contribution is -2.18. The monoisotopic (exact) mass is 472 g/mol. The van der Waals surface area contributed by atoms with Gasteiger partial charge in [-0.05, 0) is 42.6 Å². The van der Waals surface area contributed by atoms with Gasteiger partial charge in [-0.15, -0.1) is 11.3 Å². The molecule has 0 radical (unpaired) electrons. The summed E-state index contributed by atoms with van der Waals surface area (Å²) in [6.45, 7) is 1.82. The highest BCUT2D eigenvalue weighted by molar-refractivity contribution is 7.92. The van der Waals surface area contributed by atoms with Crippen LogP contribution in [-0.4, -0.2) is 27.6 Å². The molecule has 1 heterocycles. The van der Waals surface area contributed by atoms with Crippen LogP contribution in [0.5, 0.6) is 0 Å². The van der Waals surface area contributed by atoms with E-state index in [-0.39, 0.29) is 26.6 Å². The van der Waals surface area contributed by atoms with E-state index in [4.69, 9.17) is 9.47 Å². The Hall–Kier alpha value is -3.10. The number of nitriles is 1. The summed E-state index contributed by atoms with van der Waals surface area (Å²) in [6, 6.07) is 13.8. The minimum Gasteiger partial charge on any atom is -0.352 e. The Morgan fingerprint density at radius 1 is 1.06 bits per heavy atom. The fourth-order valence-corrected chi connectivity index (χ4v) is 6.09. The number of rotatable bonds is 8. The maximum Gasteiger partial charge on any atom is 0.274 e. The van der Waals surface area contributed by atoms with Crippen molar-refractivity contribution in [1.29, 1.82) is 5.26 Å². The number of ether oxygens (including phenoxy) is 2. The second-order valence-corrected chi connectivity index (χ2v) is 9.88. The quantitative estimate of drug-likeness (QED) is 0.265. The highest BCUT2D eigenvalue weighted by Crippen LogP contribution is 2.43. The van der Waals surface area contributed by atoms with Crippen molar-refractivity contribution < 1.29 is 22.8 Å². The molecule has 1 unspecified atom stereocenters. The number of nitrogens with zero attached hydrogens (tertiary/aromatic N) is 2. The molecule has 3 aromatic rings. The first kappa shape index (κ1) is 23.6. The summed E-state index contributed by atoms with van der Waals surface area (Å²) >= 11 is 1.08. The first-order valence-corrected chi connectivity index (χ1v) is 11.8. The van der Waals surface area contributed by atoms with E-state index in [1.165, 1.54) is 50.6 Å². The standard InChI is InChI=1S/C22H20N2O6S2/c1-14-4-7-16(8-5-14)32(27,28)21(17-10-11-31-20(17)13-23)18-12-15(22(29-2)30-3)6-9-19(18)24(25)26/h4-12,21-22H,1-3H3. The summed E-state index contributed by atoms with van der Waals surface area (Å²) < 4.78 is 38.1. The van der Waals surface area contributed by atoms with E-state index < -0.39 is 26.3 Å². The van der Waals surface area contributed by atoms with E-state index in [9.17, 15) is 23.8 Å². The van der Waals surface area contributed by atoms with Crippen molar-refractivity contribution in [2.75, 3.05) is 14.2 Å². The molecule has 0 aliphatic rings. The van der Waals surface area contributed by atoms with Gasteiger partial charge in [0.15, 0.2) is 16.1 Å². The Labute approximate surface area is 189 Å². The molecule has 1 atom stereocenters. The molecule has 3 rings (SSSR count). The molecule has 8 nitrogen and oxygen atoms in total. The minimum atomic E-state index is -4.17. The summed E-state index contributed by atoms with van der Waals surface area (Å²) in [5.74, 6) is 0. The summed E-state index contributed by atoms with van der Waals surface area (Å²) in [6.07, 6.45) is -0.852. The topological polar surface area (TPSA) is 120 Å². The van der Waals surface area contributed by atoms with Crippen LogP contribution >= 0.6 is 11.3 Å². The molecular weight excluding hydrogens is 452 g/mol. The Balaban J connectivity index is 2.36. The predicted molar refractivity (Wildman–Crippen MR) is 119 cm³/mol. The van der Waals surface area contributed by atoms with Gasteiger partial charge in [-0.3, -0.25) is 10.1 Å². The van der Waals surface area contributed by atoms with Gasteiger partial charge >= 0.3 is 0 Å². The highest BCUT2D eigenvalue weighted by atomic mass is 32.2. The second-order valence-electron chi connectivity index (χ2n) is 6.93. The molecule has 0 bridgehead atoms. The lowest BCUT2D eigenvalue weighted by molar-refractivity contribution is -0.385. The summed E-state index contributed by atoms with van der Waals surface area (Å²) in [7, 11) is -1.36. The number of sulfone groups is 1. The van der Waals surface area contributed by atoms with Gasteiger partial charge in [0.25, 0.3) is 5.69 Å². The molecule has 0 N–H and O–H groups in total. The van der Waals surface area contributed by atoms with Crippen molar-refractivity contribution >= 4 is 26.9 Å². The van der Waals surface area contributed by atoms with Crippen LogP contribution in [-0.2, 0) is 19.3 Å². The van der Waals surface area contributed by atoms with Crippen LogP contribution in [0.4, 0.5) is 5.69 Å². The zero-order chi connectivity index (χ0) is 23.5. The number of methoxy groups -OCH3 is 2. The smallest absolute Gasteiger partial charge is 0.274 e. The van der Waals surface area contributed by atoms with Crippen LogP contribution in [0.3, 0.4) is 0 Å². The molecule has 0 aliphatic carbocycles. The fraction of sp³-hybridized carbons (Fsp3) is 0.227. The van der Waals surface area contributed by atoms with Gasteiger partial charge in [0, 0.05) is 31.4 Å². The predicted octanol–water partition coefficient (Wildman–Crippen LogP) is 4.69. The molecule has 32 heavy (non-hydrogen) atoms. The normalized spacial score (nSPS) is 12.5. The third-order valence-electron chi connectivity index (χ3n) is 4.97. The van der Waals surface area contributed by atoms with E-state index in [1.54, 1.807) is 17.5 Å². The van der Waals surface area contributed by atoms with Crippen molar-refractivity contribution in [3.8, 4) is 6.07 Å². The number of benzene rings is 2. The first-order chi connectivity index (χ1) is 15.2. The number of nitro groups is 1. The Morgan fingerprint density at radius 3 is 2.28 bits per heavy atom. The number of hydrogen-bond donors (Lipinski definition) is 0.